The van der Waals surface area contributed by atoms with E-state index in [1.165, 1.54) is 23.1 Å². The van der Waals surface area contributed by atoms with Gasteiger partial charge in [0.05, 0.1) is 10.6 Å². The number of nitrogens with one attached hydrogen (secondary N) is 1. The highest BCUT2D eigenvalue weighted by molar-refractivity contribution is 8.03. The summed E-state index contributed by atoms with van der Waals surface area (Å²) in [7, 11) is 0. The van der Waals surface area contributed by atoms with Crippen molar-refractivity contribution in [3.63, 3.8) is 0 Å². The third-order valence-electron chi connectivity index (χ3n) is 3.35. The van der Waals surface area contributed by atoms with E-state index in [1.807, 2.05) is 24.3 Å². The summed E-state index contributed by atoms with van der Waals surface area (Å²) >= 11 is 4.40. The molecule has 27 heavy (non-hydrogen) atoms. The topological polar surface area (TPSA) is 89.9 Å². The van der Waals surface area contributed by atoms with Gasteiger partial charge in [0.1, 0.15) is 17.1 Å². The normalized spacial score (nSPS) is 12.4. The van der Waals surface area contributed by atoms with Crippen molar-refractivity contribution in [3.05, 3.63) is 48.4 Å². The molecule has 0 spiro atoms. The summed E-state index contributed by atoms with van der Waals surface area (Å²) < 4.78 is 6.12. The molecule has 1 aliphatic heterocycles. The van der Waals surface area contributed by atoms with Crippen molar-refractivity contribution in [2.24, 2.45) is 0 Å². The zero-order valence-electron chi connectivity index (χ0n) is 13.9. The van der Waals surface area contributed by atoms with Gasteiger partial charge in [-0.2, -0.15) is 0 Å². The van der Waals surface area contributed by atoms with Crippen molar-refractivity contribution in [1.82, 2.24) is 20.2 Å². The Kier molecular flexibility index (Phi) is 5.66. The fraction of sp³-hybridized carbons (Fsp3) is 0.118. The standard InChI is InChI=1S/C17H13N5O2S3/c23-13(9-24-11-5-2-1-3-6-11)20-16-21-22-17(27-16)26-15-14-12(18-10-19-15)7-4-8-25-14/h1-7,10H,8-9H2,(H,20,21,23). The van der Waals surface area contributed by atoms with Gasteiger partial charge in [0.2, 0.25) is 5.13 Å². The lowest BCUT2D eigenvalue weighted by atomic mass is 10.3. The summed E-state index contributed by atoms with van der Waals surface area (Å²) in [5.74, 6) is 1.25. The number of aromatic nitrogens is 4. The van der Waals surface area contributed by atoms with Gasteiger partial charge in [-0.1, -0.05) is 35.6 Å². The highest BCUT2D eigenvalue weighted by Crippen LogP contribution is 2.39. The van der Waals surface area contributed by atoms with Crippen molar-refractivity contribution in [2.45, 2.75) is 14.3 Å². The van der Waals surface area contributed by atoms with E-state index in [4.69, 9.17) is 4.74 Å². The van der Waals surface area contributed by atoms with Crippen LogP contribution in [0.3, 0.4) is 0 Å². The number of rotatable bonds is 6. The van der Waals surface area contributed by atoms with Crippen LogP contribution in [0.1, 0.15) is 5.69 Å². The van der Waals surface area contributed by atoms with Gasteiger partial charge in [-0.3, -0.25) is 10.1 Å². The fourth-order valence-electron chi connectivity index (χ4n) is 2.19. The summed E-state index contributed by atoms with van der Waals surface area (Å²) in [5.41, 5.74) is 0.917. The molecule has 1 N–H and O–H groups in total. The van der Waals surface area contributed by atoms with Crippen molar-refractivity contribution < 1.29 is 9.53 Å². The molecule has 0 atom stereocenters. The predicted octanol–water partition coefficient (Wildman–Crippen LogP) is 3.62. The number of hydrogen-bond acceptors (Lipinski definition) is 9. The number of anilines is 1. The Morgan fingerprint density at radius 2 is 2.11 bits per heavy atom. The number of benzene rings is 1. The predicted molar refractivity (Wildman–Crippen MR) is 106 cm³/mol. The summed E-state index contributed by atoms with van der Waals surface area (Å²) in [6.45, 7) is -0.0888. The number of ether oxygens (including phenoxy) is 1. The molecule has 0 unspecified atom stereocenters. The summed E-state index contributed by atoms with van der Waals surface area (Å²) in [6.07, 6.45) is 5.61. The molecule has 1 aliphatic rings. The molecule has 0 bridgehead atoms. The highest BCUT2D eigenvalue weighted by Gasteiger charge is 2.16. The monoisotopic (exact) mass is 415 g/mol. The van der Waals surface area contributed by atoms with E-state index in [0.717, 1.165) is 21.4 Å². The minimum Gasteiger partial charge on any atom is -0.484 e. The zero-order valence-corrected chi connectivity index (χ0v) is 16.3. The zero-order chi connectivity index (χ0) is 18.5. The lowest BCUT2D eigenvalue weighted by Crippen LogP contribution is -2.20. The molecule has 0 saturated heterocycles. The maximum absolute atomic E-state index is 12.0. The number of para-hydroxylation sites is 1. The minimum atomic E-state index is -0.285. The summed E-state index contributed by atoms with van der Waals surface area (Å²) in [4.78, 5) is 21.7. The molecule has 1 aromatic carbocycles. The van der Waals surface area contributed by atoms with Gasteiger partial charge >= 0.3 is 0 Å². The Balaban J connectivity index is 1.36. The smallest absolute Gasteiger partial charge is 0.264 e. The Hall–Kier alpha value is -2.43. The van der Waals surface area contributed by atoms with Gasteiger partial charge in [-0.25, -0.2) is 9.97 Å². The number of hydrogen-bond donors (Lipinski definition) is 1. The molecule has 136 valence electrons. The first-order valence-electron chi connectivity index (χ1n) is 7.91. The molecule has 0 fully saturated rings. The highest BCUT2D eigenvalue weighted by atomic mass is 32.2. The van der Waals surface area contributed by atoms with Gasteiger partial charge < -0.3 is 4.74 Å². The van der Waals surface area contributed by atoms with Gasteiger partial charge in [-0.15, -0.1) is 22.0 Å². The first-order valence-corrected chi connectivity index (χ1v) is 10.5. The Morgan fingerprint density at radius 1 is 1.22 bits per heavy atom. The quantitative estimate of drug-likeness (QED) is 0.482. The third kappa shape index (κ3) is 4.65. The number of thioether (sulfide) groups is 1. The Bertz CT molecular complexity index is 978. The largest absolute Gasteiger partial charge is 0.484 e. The average Bonchev–Trinajstić information content (AvgIpc) is 3.14. The van der Waals surface area contributed by atoms with Crippen LogP contribution in [-0.4, -0.2) is 38.4 Å². The summed E-state index contributed by atoms with van der Waals surface area (Å²) in [6, 6.07) is 9.17. The van der Waals surface area contributed by atoms with E-state index in [9.17, 15) is 4.79 Å². The van der Waals surface area contributed by atoms with E-state index in [2.05, 4.69) is 31.6 Å². The fourth-order valence-corrected chi connectivity index (χ4v) is 4.98. The second kappa shape index (κ2) is 8.51. The lowest BCUT2D eigenvalue weighted by Gasteiger charge is -2.10. The minimum absolute atomic E-state index is 0.0888. The van der Waals surface area contributed by atoms with E-state index >= 15 is 0 Å². The molecule has 1 amide bonds. The van der Waals surface area contributed by atoms with E-state index in [1.54, 1.807) is 30.2 Å². The molecule has 0 radical (unpaired) electrons. The van der Waals surface area contributed by atoms with Crippen molar-refractivity contribution in [3.8, 4) is 5.75 Å². The van der Waals surface area contributed by atoms with Crippen LogP contribution in [0, 0.1) is 0 Å². The van der Waals surface area contributed by atoms with Crippen molar-refractivity contribution in [1.29, 1.82) is 0 Å². The van der Waals surface area contributed by atoms with Gasteiger partial charge in [0.15, 0.2) is 10.9 Å². The van der Waals surface area contributed by atoms with E-state index < -0.39 is 0 Å². The van der Waals surface area contributed by atoms with Crippen LogP contribution in [0.15, 0.2) is 57.0 Å². The molecule has 3 aromatic rings. The van der Waals surface area contributed by atoms with Gasteiger partial charge in [0.25, 0.3) is 5.91 Å². The molecule has 0 aliphatic carbocycles. The first-order chi connectivity index (χ1) is 13.3. The SMILES string of the molecule is O=C(COc1ccccc1)Nc1nnc(Sc2ncnc3c2SCC=C3)s1. The van der Waals surface area contributed by atoms with Gasteiger partial charge in [0, 0.05) is 5.75 Å². The molecular formula is C17H13N5O2S3. The van der Waals surface area contributed by atoms with E-state index in [-0.39, 0.29) is 12.5 Å². The average molecular weight is 416 g/mol. The van der Waals surface area contributed by atoms with E-state index in [0.29, 0.717) is 15.2 Å². The maximum atomic E-state index is 12.0. The molecule has 3 heterocycles. The molecule has 7 nitrogen and oxygen atoms in total. The molecule has 4 rings (SSSR count). The van der Waals surface area contributed by atoms with Crippen LogP contribution >= 0.6 is 34.9 Å². The summed E-state index contributed by atoms with van der Waals surface area (Å²) in [5, 5.41) is 12.1. The lowest BCUT2D eigenvalue weighted by molar-refractivity contribution is -0.118. The molecule has 2 aromatic heterocycles. The Morgan fingerprint density at radius 3 is 3.00 bits per heavy atom. The van der Waals surface area contributed by atoms with Gasteiger partial charge in [-0.05, 0) is 30.0 Å². The van der Waals surface area contributed by atoms with Crippen molar-refractivity contribution in [2.75, 3.05) is 17.7 Å². The second-order valence-electron chi connectivity index (χ2n) is 5.23. The number of carbonyl (C=O) groups excluding carboxylic acids is 1. The number of amides is 1. The number of carbonyl (C=O) groups is 1. The Labute approximate surface area is 167 Å². The number of nitrogens with zero attached hydrogens (tertiary/aromatic N) is 4. The number of fused-ring (bicyclic) bond motifs is 1. The third-order valence-corrected chi connectivity index (χ3v) is 6.42. The maximum Gasteiger partial charge on any atom is 0.264 e. The molecule has 10 heteroatoms. The van der Waals surface area contributed by atoms with Crippen LogP contribution in [0.5, 0.6) is 5.75 Å². The van der Waals surface area contributed by atoms with Crippen LogP contribution in [0.2, 0.25) is 0 Å². The molecular weight excluding hydrogens is 402 g/mol. The van der Waals surface area contributed by atoms with Crippen molar-refractivity contribution >= 4 is 52.0 Å². The van der Waals surface area contributed by atoms with Crippen LogP contribution in [0.4, 0.5) is 5.13 Å². The second-order valence-corrected chi connectivity index (χ2v) is 8.48. The first kappa shape index (κ1) is 18.0. The van der Waals surface area contributed by atoms with Crippen LogP contribution in [0.25, 0.3) is 6.08 Å². The van der Waals surface area contributed by atoms with Crippen LogP contribution in [-0.2, 0) is 4.79 Å². The molecule has 0 saturated carbocycles. The van der Waals surface area contributed by atoms with Crippen LogP contribution < -0.4 is 10.1 Å².